The fourth-order valence-corrected chi connectivity index (χ4v) is 2.33. The second kappa shape index (κ2) is 7.65. The van der Waals surface area contributed by atoms with Gasteiger partial charge in [0.1, 0.15) is 6.04 Å². The number of hydrogen-bond acceptors (Lipinski definition) is 2. The molecular weight excluding hydrogens is 314 g/mol. The average molecular weight is 332 g/mol. The second-order valence-corrected chi connectivity index (χ2v) is 5.55. The molecule has 0 aromatic heterocycles. The van der Waals surface area contributed by atoms with E-state index in [4.69, 9.17) is 17.3 Å². The molecule has 2 aromatic carbocycles. The summed E-state index contributed by atoms with van der Waals surface area (Å²) in [6.07, 6.45) is 0. The Balaban J connectivity index is 2.10. The first-order valence-electron chi connectivity index (χ1n) is 7.15. The summed E-state index contributed by atoms with van der Waals surface area (Å²) in [5, 5.41) is 5.81. The van der Waals surface area contributed by atoms with E-state index >= 15 is 0 Å². The van der Waals surface area contributed by atoms with Crippen molar-refractivity contribution in [1.29, 1.82) is 0 Å². The predicted molar refractivity (Wildman–Crippen MR) is 90.9 cm³/mol. The lowest BCUT2D eigenvalue weighted by Crippen LogP contribution is -2.46. The SMILES string of the molecule is C[C@@H](NC(N)=O)C(=O)NCc1ccccc1-c1ccc(Cl)cc1. The van der Waals surface area contributed by atoms with E-state index in [1.807, 2.05) is 48.5 Å². The van der Waals surface area contributed by atoms with Crippen molar-refractivity contribution in [2.75, 3.05) is 0 Å². The Morgan fingerprint density at radius 1 is 1.13 bits per heavy atom. The van der Waals surface area contributed by atoms with Crippen LogP contribution in [-0.4, -0.2) is 18.0 Å². The van der Waals surface area contributed by atoms with E-state index in [1.165, 1.54) is 0 Å². The number of nitrogens with two attached hydrogens (primary N) is 1. The molecule has 0 saturated heterocycles. The monoisotopic (exact) mass is 331 g/mol. The minimum absolute atomic E-state index is 0.297. The lowest BCUT2D eigenvalue weighted by Gasteiger charge is -2.14. The fraction of sp³-hybridized carbons (Fsp3) is 0.176. The van der Waals surface area contributed by atoms with Gasteiger partial charge in [0, 0.05) is 11.6 Å². The number of urea groups is 1. The van der Waals surface area contributed by atoms with Crippen LogP contribution in [0.4, 0.5) is 4.79 Å². The van der Waals surface area contributed by atoms with Crippen molar-refractivity contribution in [3.63, 3.8) is 0 Å². The first-order valence-corrected chi connectivity index (χ1v) is 7.52. The molecule has 0 fully saturated rings. The zero-order valence-corrected chi connectivity index (χ0v) is 13.4. The fourth-order valence-electron chi connectivity index (χ4n) is 2.20. The Labute approximate surface area is 139 Å². The van der Waals surface area contributed by atoms with Crippen molar-refractivity contribution in [1.82, 2.24) is 10.6 Å². The zero-order chi connectivity index (χ0) is 16.8. The predicted octanol–water partition coefficient (Wildman–Crippen LogP) is 2.68. The maximum absolute atomic E-state index is 11.9. The van der Waals surface area contributed by atoms with E-state index in [1.54, 1.807) is 6.92 Å². The van der Waals surface area contributed by atoms with Gasteiger partial charge >= 0.3 is 6.03 Å². The van der Waals surface area contributed by atoms with Crippen molar-refractivity contribution in [3.05, 3.63) is 59.1 Å². The maximum Gasteiger partial charge on any atom is 0.312 e. The summed E-state index contributed by atoms with van der Waals surface area (Å²) in [6, 6.07) is 13.9. The molecule has 0 heterocycles. The molecule has 2 rings (SSSR count). The van der Waals surface area contributed by atoms with E-state index in [-0.39, 0.29) is 5.91 Å². The molecule has 0 aliphatic heterocycles. The smallest absolute Gasteiger partial charge is 0.312 e. The first-order chi connectivity index (χ1) is 11.0. The summed E-state index contributed by atoms with van der Waals surface area (Å²) in [6.45, 7) is 1.92. The van der Waals surface area contributed by atoms with E-state index in [0.29, 0.717) is 11.6 Å². The van der Waals surface area contributed by atoms with Gasteiger partial charge in [0.15, 0.2) is 0 Å². The minimum Gasteiger partial charge on any atom is -0.352 e. The summed E-state index contributed by atoms with van der Waals surface area (Å²) >= 11 is 5.92. The van der Waals surface area contributed by atoms with Gasteiger partial charge in [0.25, 0.3) is 0 Å². The Morgan fingerprint density at radius 3 is 2.43 bits per heavy atom. The van der Waals surface area contributed by atoms with Crippen LogP contribution in [0.5, 0.6) is 0 Å². The molecule has 0 unspecified atom stereocenters. The van der Waals surface area contributed by atoms with Gasteiger partial charge in [0.2, 0.25) is 5.91 Å². The van der Waals surface area contributed by atoms with Crippen molar-refractivity contribution in [2.24, 2.45) is 5.73 Å². The molecule has 0 aliphatic rings. The number of nitrogens with one attached hydrogen (secondary N) is 2. The van der Waals surface area contributed by atoms with E-state index < -0.39 is 12.1 Å². The van der Waals surface area contributed by atoms with E-state index in [0.717, 1.165) is 16.7 Å². The molecule has 120 valence electrons. The van der Waals surface area contributed by atoms with E-state index in [2.05, 4.69) is 10.6 Å². The Kier molecular flexibility index (Phi) is 5.60. The quantitative estimate of drug-likeness (QED) is 0.787. The average Bonchev–Trinajstić information content (AvgIpc) is 2.53. The topological polar surface area (TPSA) is 84.2 Å². The third kappa shape index (κ3) is 4.72. The molecule has 1 atom stereocenters. The van der Waals surface area contributed by atoms with Gasteiger partial charge < -0.3 is 16.4 Å². The largest absolute Gasteiger partial charge is 0.352 e. The highest BCUT2D eigenvalue weighted by molar-refractivity contribution is 6.30. The van der Waals surface area contributed by atoms with Gasteiger partial charge in [-0.1, -0.05) is 48.0 Å². The molecule has 4 N–H and O–H groups in total. The minimum atomic E-state index is -0.728. The maximum atomic E-state index is 11.9. The number of halogens is 1. The third-order valence-corrected chi connectivity index (χ3v) is 3.63. The Bertz CT molecular complexity index is 701. The number of carbonyl (C=O) groups is 2. The van der Waals surface area contributed by atoms with Crippen molar-refractivity contribution < 1.29 is 9.59 Å². The zero-order valence-electron chi connectivity index (χ0n) is 12.7. The van der Waals surface area contributed by atoms with Crippen molar-refractivity contribution >= 4 is 23.5 Å². The van der Waals surface area contributed by atoms with Crippen LogP contribution in [0.3, 0.4) is 0 Å². The lowest BCUT2D eigenvalue weighted by molar-refractivity contribution is -0.122. The van der Waals surface area contributed by atoms with E-state index in [9.17, 15) is 9.59 Å². The van der Waals surface area contributed by atoms with Crippen LogP contribution in [0.1, 0.15) is 12.5 Å². The Morgan fingerprint density at radius 2 is 1.78 bits per heavy atom. The van der Waals surface area contributed by atoms with Gasteiger partial charge in [-0.2, -0.15) is 0 Å². The molecule has 0 bridgehead atoms. The number of hydrogen-bond donors (Lipinski definition) is 3. The summed E-state index contributed by atoms with van der Waals surface area (Å²) in [7, 11) is 0. The van der Waals surface area contributed by atoms with Crippen molar-refractivity contribution in [2.45, 2.75) is 19.5 Å². The standard InChI is InChI=1S/C17H18ClN3O2/c1-11(21-17(19)23)16(22)20-10-13-4-2-3-5-15(13)12-6-8-14(18)9-7-12/h2-9,11H,10H2,1H3,(H,20,22)(H3,19,21,23)/t11-/m1/s1. The molecule has 0 aliphatic carbocycles. The number of primary amides is 1. The molecule has 5 nitrogen and oxygen atoms in total. The van der Waals surface area contributed by atoms with Crippen LogP contribution < -0.4 is 16.4 Å². The lowest BCUT2D eigenvalue weighted by atomic mass is 10.00. The number of amides is 3. The van der Waals surface area contributed by atoms with Crippen LogP contribution in [-0.2, 0) is 11.3 Å². The number of benzene rings is 2. The second-order valence-electron chi connectivity index (χ2n) is 5.11. The first kappa shape index (κ1) is 16.8. The highest BCUT2D eigenvalue weighted by Gasteiger charge is 2.14. The van der Waals surface area contributed by atoms with Gasteiger partial charge in [-0.3, -0.25) is 4.79 Å². The van der Waals surface area contributed by atoms with Crippen LogP contribution in [0.2, 0.25) is 5.02 Å². The highest BCUT2D eigenvalue weighted by Crippen LogP contribution is 2.25. The van der Waals surface area contributed by atoms with Crippen LogP contribution in [0, 0.1) is 0 Å². The van der Waals surface area contributed by atoms with Crippen LogP contribution in [0.25, 0.3) is 11.1 Å². The molecule has 2 aromatic rings. The third-order valence-electron chi connectivity index (χ3n) is 3.38. The summed E-state index contributed by atoms with van der Waals surface area (Å²) < 4.78 is 0. The molecular formula is C17H18ClN3O2. The molecule has 6 heteroatoms. The highest BCUT2D eigenvalue weighted by atomic mass is 35.5. The molecule has 23 heavy (non-hydrogen) atoms. The molecule has 0 saturated carbocycles. The summed E-state index contributed by atoms with van der Waals surface area (Å²) in [5.74, 6) is -0.297. The summed E-state index contributed by atoms with van der Waals surface area (Å²) in [4.78, 5) is 22.7. The van der Waals surface area contributed by atoms with Gasteiger partial charge in [-0.05, 0) is 35.7 Å². The number of rotatable bonds is 5. The van der Waals surface area contributed by atoms with Crippen LogP contribution in [0.15, 0.2) is 48.5 Å². The summed E-state index contributed by atoms with van der Waals surface area (Å²) in [5.41, 5.74) is 8.01. The molecule has 3 amide bonds. The molecule has 0 radical (unpaired) electrons. The normalized spacial score (nSPS) is 11.6. The van der Waals surface area contributed by atoms with Gasteiger partial charge in [-0.15, -0.1) is 0 Å². The van der Waals surface area contributed by atoms with Gasteiger partial charge in [-0.25, -0.2) is 4.79 Å². The van der Waals surface area contributed by atoms with Gasteiger partial charge in [0.05, 0.1) is 0 Å². The van der Waals surface area contributed by atoms with Crippen molar-refractivity contribution in [3.8, 4) is 11.1 Å². The van der Waals surface area contributed by atoms with Crippen LogP contribution >= 0.6 is 11.6 Å². The Hall–Kier alpha value is -2.53. The number of carbonyl (C=O) groups excluding carboxylic acids is 2. The molecule has 0 spiro atoms.